The maximum absolute atomic E-state index is 12.6. The summed E-state index contributed by atoms with van der Waals surface area (Å²) in [6.45, 7) is 0.600. The first-order valence-corrected chi connectivity index (χ1v) is 9.28. The maximum atomic E-state index is 12.6. The van der Waals surface area contributed by atoms with Crippen LogP contribution in [0.1, 0.15) is 17.2 Å². The summed E-state index contributed by atoms with van der Waals surface area (Å²) in [6, 6.07) is 12.4. The summed E-state index contributed by atoms with van der Waals surface area (Å²) in [5.74, 6) is 5.68. The van der Waals surface area contributed by atoms with E-state index in [0.717, 1.165) is 5.56 Å². The smallest absolute Gasteiger partial charge is 0.253 e. The van der Waals surface area contributed by atoms with Gasteiger partial charge in [-0.3, -0.25) is 4.79 Å². The Balaban J connectivity index is 1.98. The summed E-state index contributed by atoms with van der Waals surface area (Å²) in [4.78, 5) is 12.6. The molecule has 6 heteroatoms. The second kappa shape index (κ2) is 11.7. The molecule has 0 saturated heterocycles. The summed E-state index contributed by atoms with van der Waals surface area (Å²) >= 11 is 5.91. The molecule has 2 rings (SSSR count). The van der Waals surface area contributed by atoms with E-state index in [4.69, 9.17) is 38.7 Å². The molecule has 0 bridgehead atoms. The van der Waals surface area contributed by atoms with Crippen molar-refractivity contribution < 1.29 is 19.0 Å². The summed E-state index contributed by atoms with van der Waals surface area (Å²) in [5.41, 5.74) is 1.65. The normalized spacial score (nSPS) is 11.0. The second-order valence-electron chi connectivity index (χ2n) is 5.97. The molecule has 2 aromatic rings. The van der Waals surface area contributed by atoms with E-state index in [1.807, 2.05) is 12.1 Å². The van der Waals surface area contributed by atoms with Gasteiger partial charge in [0.15, 0.2) is 17.6 Å². The van der Waals surface area contributed by atoms with Gasteiger partial charge in [-0.2, -0.15) is 0 Å². The Morgan fingerprint density at radius 1 is 1.10 bits per heavy atom. The number of benzene rings is 2. The van der Waals surface area contributed by atoms with E-state index in [2.05, 4.69) is 17.2 Å². The number of rotatable bonds is 10. The van der Waals surface area contributed by atoms with Crippen LogP contribution in [-0.2, 0) is 16.0 Å². The lowest BCUT2D eigenvalue weighted by molar-refractivity contribution is -0.132. The van der Waals surface area contributed by atoms with Crippen LogP contribution < -0.4 is 14.8 Å². The molecule has 0 spiro atoms. The van der Waals surface area contributed by atoms with E-state index < -0.39 is 6.10 Å². The summed E-state index contributed by atoms with van der Waals surface area (Å²) in [5, 5.41) is 3.45. The lowest BCUT2D eigenvalue weighted by Gasteiger charge is -2.17. The van der Waals surface area contributed by atoms with Gasteiger partial charge in [0.25, 0.3) is 5.91 Å². The third-order valence-corrected chi connectivity index (χ3v) is 4.25. The third kappa shape index (κ3) is 6.76. The second-order valence-corrected chi connectivity index (χ2v) is 6.40. The fourth-order valence-electron chi connectivity index (χ4n) is 2.62. The molecule has 0 aromatic heterocycles. The van der Waals surface area contributed by atoms with Gasteiger partial charge in [-0.05, 0) is 41.8 Å². The van der Waals surface area contributed by atoms with Crippen LogP contribution in [0.2, 0.25) is 5.02 Å². The van der Waals surface area contributed by atoms with Crippen molar-refractivity contribution >= 4 is 17.5 Å². The van der Waals surface area contributed by atoms with Crippen molar-refractivity contribution in [1.29, 1.82) is 0 Å². The Hall–Kier alpha value is -3.12. The van der Waals surface area contributed by atoms with Gasteiger partial charge >= 0.3 is 0 Å². The molecule has 29 heavy (non-hydrogen) atoms. The third-order valence-electron chi connectivity index (χ3n) is 4.00. The number of carbonyl (C=O) groups excluding carboxylic acids is 1. The van der Waals surface area contributed by atoms with Crippen LogP contribution >= 0.6 is 11.6 Å². The summed E-state index contributed by atoms with van der Waals surface area (Å²) in [6.07, 6.45) is 10.3. The minimum Gasteiger partial charge on any atom is -0.493 e. The van der Waals surface area contributed by atoms with E-state index in [9.17, 15) is 4.79 Å². The molecule has 0 fully saturated rings. The molecular formula is C23H22ClNO4. The maximum Gasteiger partial charge on any atom is 0.253 e. The first-order valence-electron chi connectivity index (χ1n) is 8.90. The van der Waals surface area contributed by atoms with Crippen molar-refractivity contribution in [2.24, 2.45) is 0 Å². The molecule has 1 N–H and O–H groups in total. The highest BCUT2D eigenvalue weighted by Gasteiger charge is 2.21. The molecule has 5 nitrogen and oxygen atoms in total. The topological polar surface area (TPSA) is 56.8 Å². The van der Waals surface area contributed by atoms with Crippen LogP contribution in [0.25, 0.3) is 0 Å². The number of nitrogens with one attached hydrogen (secondary N) is 1. The Kier molecular flexibility index (Phi) is 8.92. The molecule has 1 amide bonds. The van der Waals surface area contributed by atoms with Crippen LogP contribution in [-0.4, -0.2) is 32.8 Å². The number of hydrogen-bond acceptors (Lipinski definition) is 4. The Bertz CT molecular complexity index is 897. The van der Waals surface area contributed by atoms with Crippen LogP contribution in [0.4, 0.5) is 0 Å². The zero-order valence-corrected chi connectivity index (χ0v) is 16.9. The molecule has 1 atom stereocenters. The quantitative estimate of drug-likeness (QED) is 0.609. The molecule has 0 unspecified atom stereocenters. The zero-order chi connectivity index (χ0) is 21.1. The number of amides is 1. The van der Waals surface area contributed by atoms with E-state index in [0.29, 0.717) is 35.1 Å². The Morgan fingerprint density at radius 2 is 1.83 bits per heavy atom. The van der Waals surface area contributed by atoms with Crippen molar-refractivity contribution in [3.05, 3.63) is 58.6 Å². The molecule has 0 aliphatic heterocycles. The van der Waals surface area contributed by atoms with Crippen molar-refractivity contribution in [2.45, 2.75) is 12.5 Å². The molecule has 0 aliphatic carbocycles. The predicted molar refractivity (Wildman–Crippen MR) is 113 cm³/mol. The Morgan fingerprint density at radius 3 is 2.48 bits per heavy atom. The van der Waals surface area contributed by atoms with E-state index >= 15 is 0 Å². The van der Waals surface area contributed by atoms with E-state index in [-0.39, 0.29) is 19.1 Å². The molecule has 0 aliphatic rings. The monoisotopic (exact) mass is 411 g/mol. The molecule has 0 radical (unpaired) electrons. The molecular weight excluding hydrogens is 390 g/mol. The summed E-state index contributed by atoms with van der Waals surface area (Å²) < 4.78 is 16.3. The average molecular weight is 412 g/mol. The fourth-order valence-corrected chi connectivity index (χ4v) is 2.75. The van der Waals surface area contributed by atoms with Crippen molar-refractivity contribution in [2.75, 3.05) is 26.9 Å². The van der Waals surface area contributed by atoms with Gasteiger partial charge < -0.3 is 19.5 Å². The van der Waals surface area contributed by atoms with Gasteiger partial charge in [-0.15, -0.1) is 12.8 Å². The SMILES string of the molecule is C#CCOc1ccc(CCNC(=O)[C@@H](OCC#C)c2ccc(Cl)cc2)cc1OC. The van der Waals surface area contributed by atoms with Crippen molar-refractivity contribution in [3.63, 3.8) is 0 Å². The van der Waals surface area contributed by atoms with Gasteiger partial charge in [-0.25, -0.2) is 0 Å². The lowest BCUT2D eigenvalue weighted by atomic mass is 10.1. The van der Waals surface area contributed by atoms with Crippen LogP contribution in [0, 0.1) is 24.7 Å². The van der Waals surface area contributed by atoms with Gasteiger partial charge in [0.2, 0.25) is 0 Å². The number of carbonyl (C=O) groups is 1. The summed E-state index contributed by atoms with van der Waals surface area (Å²) in [7, 11) is 1.56. The van der Waals surface area contributed by atoms with E-state index in [1.54, 1.807) is 37.4 Å². The van der Waals surface area contributed by atoms with Crippen molar-refractivity contribution in [1.82, 2.24) is 5.32 Å². The largest absolute Gasteiger partial charge is 0.493 e. The predicted octanol–water partition coefficient (Wildman–Crippen LogP) is 3.41. The zero-order valence-electron chi connectivity index (χ0n) is 16.1. The molecule has 2 aromatic carbocycles. The van der Waals surface area contributed by atoms with Crippen LogP contribution in [0.5, 0.6) is 11.5 Å². The average Bonchev–Trinajstić information content (AvgIpc) is 2.74. The van der Waals surface area contributed by atoms with Gasteiger partial charge in [-0.1, -0.05) is 41.6 Å². The molecule has 150 valence electrons. The first-order chi connectivity index (χ1) is 14.1. The molecule has 0 saturated carbocycles. The minimum absolute atomic E-state index is 0.0248. The Labute approximate surface area is 176 Å². The highest BCUT2D eigenvalue weighted by atomic mass is 35.5. The minimum atomic E-state index is -0.808. The number of ether oxygens (including phenoxy) is 3. The number of hydrogen-bond donors (Lipinski definition) is 1. The van der Waals surface area contributed by atoms with Gasteiger partial charge in [0.1, 0.15) is 13.2 Å². The standard InChI is InChI=1S/C23H22ClNO4/c1-4-14-28-20-11-6-17(16-21(20)27-3)12-13-25-23(26)22(29-15-5-2)18-7-9-19(24)10-8-18/h1-2,6-11,16,22H,12-15H2,3H3,(H,25,26)/t22-/m0/s1. The lowest BCUT2D eigenvalue weighted by Crippen LogP contribution is -2.32. The highest BCUT2D eigenvalue weighted by Crippen LogP contribution is 2.28. The molecule has 0 heterocycles. The van der Waals surface area contributed by atoms with E-state index in [1.165, 1.54) is 0 Å². The number of halogens is 1. The fraction of sp³-hybridized carbons (Fsp3) is 0.261. The van der Waals surface area contributed by atoms with Gasteiger partial charge in [0.05, 0.1) is 7.11 Å². The first kappa shape index (κ1) is 22.2. The van der Waals surface area contributed by atoms with Crippen LogP contribution in [0.15, 0.2) is 42.5 Å². The number of methoxy groups -OCH3 is 1. The van der Waals surface area contributed by atoms with Gasteiger partial charge in [0, 0.05) is 11.6 Å². The number of terminal acetylenes is 2. The van der Waals surface area contributed by atoms with Crippen LogP contribution in [0.3, 0.4) is 0 Å². The van der Waals surface area contributed by atoms with Crippen molar-refractivity contribution in [3.8, 4) is 36.2 Å². The highest BCUT2D eigenvalue weighted by molar-refractivity contribution is 6.30.